The van der Waals surface area contributed by atoms with E-state index in [9.17, 15) is 14.4 Å². The van der Waals surface area contributed by atoms with Crippen LogP contribution in [0.15, 0.2) is 0 Å². The first-order valence-electron chi connectivity index (χ1n) is 6.19. The Kier molecular flexibility index (Phi) is 8.28. The van der Waals surface area contributed by atoms with Crippen molar-refractivity contribution in [3.05, 3.63) is 0 Å². The van der Waals surface area contributed by atoms with Gasteiger partial charge in [0.15, 0.2) is 0 Å². The summed E-state index contributed by atoms with van der Waals surface area (Å²) in [6.07, 6.45) is 5.60. The van der Waals surface area contributed by atoms with Gasteiger partial charge >= 0.3 is 5.97 Å². The predicted molar refractivity (Wildman–Crippen MR) is 64.6 cm³/mol. The standard InChI is InChI=1S/C13H22O4/c1-4-5-6-7-8-9-11(14)10(2)12(15)13(16)17-3/h10H,4-9H2,1-3H3. The number of hydrogen-bond donors (Lipinski definition) is 0. The lowest BCUT2D eigenvalue weighted by Crippen LogP contribution is -2.28. The number of esters is 1. The van der Waals surface area contributed by atoms with Crippen molar-refractivity contribution in [2.45, 2.75) is 52.4 Å². The van der Waals surface area contributed by atoms with Crippen molar-refractivity contribution in [3.63, 3.8) is 0 Å². The Balaban J connectivity index is 3.89. The highest BCUT2D eigenvalue weighted by molar-refractivity contribution is 6.38. The summed E-state index contributed by atoms with van der Waals surface area (Å²) in [5, 5.41) is 0. The van der Waals surface area contributed by atoms with Crippen LogP contribution < -0.4 is 0 Å². The van der Waals surface area contributed by atoms with Crippen molar-refractivity contribution in [2.24, 2.45) is 5.92 Å². The highest BCUT2D eigenvalue weighted by Crippen LogP contribution is 2.10. The van der Waals surface area contributed by atoms with Gasteiger partial charge in [-0.3, -0.25) is 9.59 Å². The highest BCUT2D eigenvalue weighted by Gasteiger charge is 2.27. The van der Waals surface area contributed by atoms with Crippen LogP contribution in [-0.2, 0) is 19.1 Å². The number of rotatable bonds is 9. The minimum atomic E-state index is -0.933. The Hall–Kier alpha value is -1.19. The Morgan fingerprint density at radius 1 is 1.06 bits per heavy atom. The second kappa shape index (κ2) is 8.90. The van der Waals surface area contributed by atoms with Gasteiger partial charge in [-0.1, -0.05) is 32.6 Å². The molecule has 0 saturated carbocycles. The third kappa shape index (κ3) is 6.19. The summed E-state index contributed by atoms with van der Waals surface area (Å²) in [6, 6.07) is 0. The second-order valence-corrected chi connectivity index (χ2v) is 4.21. The minimum absolute atomic E-state index is 0.170. The molecule has 0 aliphatic heterocycles. The first kappa shape index (κ1) is 15.8. The van der Waals surface area contributed by atoms with E-state index in [4.69, 9.17) is 0 Å². The highest BCUT2D eigenvalue weighted by atomic mass is 16.5. The summed E-state index contributed by atoms with van der Waals surface area (Å²) in [5.74, 6) is -2.71. The SMILES string of the molecule is CCCCCCCC(=O)C(C)C(=O)C(=O)OC. The lowest BCUT2D eigenvalue weighted by Gasteiger charge is -2.07. The Morgan fingerprint density at radius 2 is 1.65 bits per heavy atom. The molecule has 1 unspecified atom stereocenters. The Labute approximate surface area is 103 Å². The summed E-state index contributed by atoms with van der Waals surface area (Å²) in [4.78, 5) is 33.9. The molecule has 0 aliphatic carbocycles. The van der Waals surface area contributed by atoms with Crippen LogP contribution in [0.1, 0.15) is 52.4 Å². The van der Waals surface area contributed by atoms with Crippen LogP contribution in [0.3, 0.4) is 0 Å². The number of ketones is 2. The van der Waals surface area contributed by atoms with Gasteiger partial charge in [0.25, 0.3) is 0 Å². The maximum absolute atomic E-state index is 11.6. The first-order chi connectivity index (χ1) is 8.04. The zero-order valence-corrected chi connectivity index (χ0v) is 11.0. The molecule has 0 spiro atoms. The first-order valence-corrected chi connectivity index (χ1v) is 6.19. The molecule has 0 fully saturated rings. The van der Waals surface area contributed by atoms with Gasteiger partial charge in [-0.15, -0.1) is 0 Å². The molecule has 17 heavy (non-hydrogen) atoms. The third-order valence-electron chi connectivity index (χ3n) is 2.79. The van der Waals surface area contributed by atoms with Gasteiger partial charge in [-0.05, 0) is 13.3 Å². The molecule has 0 saturated heterocycles. The molecule has 0 aliphatic rings. The molecular formula is C13H22O4. The summed E-state index contributed by atoms with van der Waals surface area (Å²) < 4.78 is 4.30. The van der Waals surface area contributed by atoms with Crippen molar-refractivity contribution in [1.82, 2.24) is 0 Å². The summed E-state index contributed by atoms with van der Waals surface area (Å²) in [5.41, 5.74) is 0. The van der Waals surface area contributed by atoms with Gasteiger partial charge in [-0.2, -0.15) is 0 Å². The van der Waals surface area contributed by atoms with Gasteiger partial charge in [0, 0.05) is 6.42 Å². The van der Waals surface area contributed by atoms with E-state index in [1.54, 1.807) is 0 Å². The van der Waals surface area contributed by atoms with Crippen LogP contribution in [-0.4, -0.2) is 24.6 Å². The third-order valence-corrected chi connectivity index (χ3v) is 2.79. The molecule has 0 rings (SSSR count). The molecule has 0 N–H and O–H groups in total. The van der Waals surface area contributed by atoms with E-state index in [1.165, 1.54) is 13.3 Å². The lowest BCUT2D eigenvalue weighted by molar-refractivity contribution is -0.154. The maximum Gasteiger partial charge on any atom is 0.375 e. The van der Waals surface area contributed by atoms with E-state index in [1.807, 2.05) is 0 Å². The molecule has 0 bridgehead atoms. The summed E-state index contributed by atoms with van der Waals surface area (Å²) in [7, 11) is 1.14. The Morgan fingerprint density at radius 3 is 2.18 bits per heavy atom. The second-order valence-electron chi connectivity index (χ2n) is 4.21. The quantitative estimate of drug-likeness (QED) is 0.269. The fourth-order valence-corrected chi connectivity index (χ4v) is 1.54. The van der Waals surface area contributed by atoms with E-state index < -0.39 is 17.7 Å². The van der Waals surface area contributed by atoms with Gasteiger partial charge in [0.2, 0.25) is 5.78 Å². The number of hydrogen-bond acceptors (Lipinski definition) is 4. The predicted octanol–water partition coefficient (Wildman–Crippen LogP) is 2.29. The summed E-state index contributed by atoms with van der Waals surface area (Å²) >= 11 is 0. The van der Waals surface area contributed by atoms with E-state index >= 15 is 0 Å². The molecule has 1 atom stereocenters. The minimum Gasteiger partial charge on any atom is -0.463 e. The lowest BCUT2D eigenvalue weighted by atomic mass is 9.96. The fourth-order valence-electron chi connectivity index (χ4n) is 1.54. The Bertz CT molecular complexity index is 271. The van der Waals surface area contributed by atoms with E-state index in [-0.39, 0.29) is 5.78 Å². The van der Waals surface area contributed by atoms with Crippen LogP contribution >= 0.6 is 0 Å². The smallest absolute Gasteiger partial charge is 0.375 e. The number of ether oxygens (including phenoxy) is 1. The summed E-state index contributed by atoms with van der Waals surface area (Å²) in [6.45, 7) is 3.59. The number of carbonyl (C=O) groups excluding carboxylic acids is 3. The normalized spacial score (nSPS) is 11.9. The van der Waals surface area contributed by atoms with Gasteiger partial charge < -0.3 is 4.74 Å². The van der Waals surface area contributed by atoms with E-state index in [0.29, 0.717) is 6.42 Å². The zero-order valence-electron chi connectivity index (χ0n) is 11.0. The molecule has 0 heterocycles. The zero-order chi connectivity index (χ0) is 13.3. The molecule has 4 heteroatoms. The van der Waals surface area contributed by atoms with Crippen LogP contribution in [0.5, 0.6) is 0 Å². The average molecular weight is 242 g/mol. The molecule has 0 aromatic carbocycles. The van der Waals surface area contributed by atoms with Crippen molar-refractivity contribution in [3.8, 4) is 0 Å². The van der Waals surface area contributed by atoms with E-state index in [0.717, 1.165) is 32.8 Å². The molecule has 0 aromatic rings. The average Bonchev–Trinajstić information content (AvgIpc) is 2.35. The molecule has 4 nitrogen and oxygen atoms in total. The van der Waals surface area contributed by atoms with Crippen LogP contribution in [0.4, 0.5) is 0 Å². The van der Waals surface area contributed by atoms with Gasteiger partial charge in [0.05, 0.1) is 13.0 Å². The van der Waals surface area contributed by atoms with Crippen LogP contribution in [0.25, 0.3) is 0 Å². The number of methoxy groups -OCH3 is 1. The molecule has 0 radical (unpaired) electrons. The number of unbranched alkanes of at least 4 members (excludes halogenated alkanes) is 4. The number of Topliss-reactive ketones (excluding diaryl/α,β-unsaturated/α-hetero) is 2. The molecule has 0 amide bonds. The molecule has 98 valence electrons. The largest absolute Gasteiger partial charge is 0.463 e. The topological polar surface area (TPSA) is 60.4 Å². The van der Waals surface area contributed by atoms with Crippen molar-refractivity contribution in [2.75, 3.05) is 7.11 Å². The van der Waals surface area contributed by atoms with Crippen LogP contribution in [0.2, 0.25) is 0 Å². The van der Waals surface area contributed by atoms with Crippen LogP contribution in [0, 0.1) is 5.92 Å². The maximum atomic E-state index is 11.6. The van der Waals surface area contributed by atoms with Gasteiger partial charge in [0.1, 0.15) is 5.78 Å². The van der Waals surface area contributed by atoms with Crippen molar-refractivity contribution >= 4 is 17.5 Å². The monoisotopic (exact) mass is 242 g/mol. The van der Waals surface area contributed by atoms with Crippen molar-refractivity contribution < 1.29 is 19.1 Å². The molecule has 0 aromatic heterocycles. The van der Waals surface area contributed by atoms with Crippen molar-refractivity contribution in [1.29, 1.82) is 0 Å². The van der Waals surface area contributed by atoms with Gasteiger partial charge in [-0.25, -0.2) is 4.79 Å². The van der Waals surface area contributed by atoms with E-state index in [2.05, 4.69) is 11.7 Å². The fraction of sp³-hybridized carbons (Fsp3) is 0.769. The number of carbonyl (C=O) groups is 3. The molecular weight excluding hydrogens is 220 g/mol.